The Morgan fingerprint density at radius 2 is 1.56 bits per heavy atom. The van der Waals surface area contributed by atoms with E-state index in [4.69, 9.17) is 4.74 Å². The van der Waals surface area contributed by atoms with Crippen molar-refractivity contribution in [3.63, 3.8) is 0 Å². The van der Waals surface area contributed by atoms with E-state index in [0.717, 1.165) is 37.1 Å². The van der Waals surface area contributed by atoms with Gasteiger partial charge in [-0.1, -0.05) is 66.7 Å². The van der Waals surface area contributed by atoms with Crippen molar-refractivity contribution in [2.24, 2.45) is 5.92 Å². The molecule has 2 atom stereocenters. The maximum atomic E-state index is 13.4. The highest BCUT2D eigenvalue weighted by Crippen LogP contribution is 2.34. The Hall–Kier alpha value is -3.15. The van der Waals surface area contributed by atoms with Crippen LogP contribution in [0, 0.1) is 5.92 Å². The Bertz CT molecular complexity index is 1000. The Balaban J connectivity index is 1.48. The van der Waals surface area contributed by atoms with Crippen LogP contribution in [0.5, 0.6) is 5.75 Å². The molecule has 2 N–H and O–H groups in total. The van der Waals surface area contributed by atoms with Gasteiger partial charge in [0.25, 0.3) is 0 Å². The minimum Gasteiger partial charge on any atom is -0.497 e. The molecular formula is C27H30N2O3. The van der Waals surface area contributed by atoms with Crippen molar-refractivity contribution < 1.29 is 14.6 Å². The van der Waals surface area contributed by atoms with Crippen LogP contribution in [0.1, 0.15) is 36.1 Å². The molecule has 1 fully saturated rings. The summed E-state index contributed by atoms with van der Waals surface area (Å²) in [6.45, 7) is 1.50. The molecule has 0 saturated carbocycles. The minimum atomic E-state index is -0.473. The van der Waals surface area contributed by atoms with Crippen molar-refractivity contribution in [1.82, 2.24) is 4.90 Å². The van der Waals surface area contributed by atoms with Gasteiger partial charge in [-0.3, -0.25) is 9.69 Å². The van der Waals surface area contributed by atoms with Crippen LogP contribution in [0.25, 0.3) is 0 Å². The molecular weight excluding hydrogens is 400 g/mol. The molecule has 1 aliphatic heterocycles. The second-order valence-electron chi connectivity index (χ2n) is 8.26. The SMILES string of the molecule is COc1cccc(NC(=O)C(c2ccccc2)N2CCC(C(O)c3ccccc3)CC2)c1. The second kappa shape index (κ2) is 10.4. The Morgan fingerprint density at radius 1 is 0.938 bits per heavy atom. The number of benzene rings is 3. The number of aliphatic hydroxyl groups excluding tert-OH is 1. The zero-order chi connectivity index (χ0) is 22.3. The molecule has 0 spiro atoms. The van der Waals surface area contributed by atoms with E-state index in [1.807, 2.05) is 84.9 Å². The van der Waals surface area contributed by atoms with Gasteiger partial charge in [0.2, 0.25) is 5.91 Å². The highest BCUT2D eigenvalue weighted by molar-refractivity contribution is 5.95. The molecule has 1 amide bonds. The van der Waals surface area contributed by atoms with Gasteiger partial charge in [0, 0.05) is 11.8 Å². The lowest BCUT2D eigenvalue weighted by atomic mass is 9.86. The number of methoxy groups -OCH3 is 1. The summed E-state index contributed by atoms with van der Waals surface area (Å²) in [5.41, 5.74) is 2.64. The Labute approximate surface area is 189 Å². The van der Waals surface area contributed by atoms with Crippen LogP contribution in [0.15, 0.2) is 84.9 Å². The van der Waals surface area contributed by atoms with E-state index >= 15 is 0 Å². The third-order valence-electron chi connectivity index (χ3n) is 6.23. The van der Waals surface area contributed by atoms with Crippen molar-refractivity contribution in [1.29, 1.82) is 0 Å². The maximum absolute atomic E-state index is 13.4. The largest absolute Gasteiger partial charge is 0.497 e. The first kappa shape index (κ1) is 22.1. The normalized spacial score (nSPS) is 16.8. The predicted octanol–water partition coefficient (Wildman–Crippen LogP) is 4.82. The quantitative estimate of drug-likeness (QED) is 0.564. The zero-order valence-electron chi connectivity index (χ0n) is 18.4. The average Bonchev–Trinajstić information content (AvgIpc) is 2.85. The van der Waals surface area contributed by atoms with Gasteiger partial charge >= 0.3 is 0 Å². The summed E-state index contributed by atoms with van der Waals surface area (Å²) in [6.07, 6.45) is 1.21. The van der Waals surface area contributed by atoms with Crippen LogP contribution in [-0.4, -0.2) is 36.1 Å². The molecule has 1 saturated heterocycles. The van der Waals surface area contributed by atoms with Crippen LogP contribution in [-0.2, 0) is 4.79 Å². The number of carbonyl (C=O) groups is 1. The summed E-state index contributed by atoms with van der Waals surface area (Å²) in [6, 6.07) is 26.7. The number of nitrogens with one attached hydrogen (secondary N) is 1. The van der Waals surface area contributed by atoms with Gasteiger partial charge in [0.05, 0.1) is 13.2 Å². The number of hydrogen-bond donors (Lipinski definition) is 2. The number of piperidine rings is 1. The fourth-order valence-electron chi connectivity index (χ4n) is 4.49. The van der Waals surface area contributed by atoms with Crippen LogP contribution in [0.4, 0.5) is 5.69 Å². The monoisotopic (exact) mass is 430 g/mol. The van der Waals surface area contributed by atoms with E-state index < -0.39 is 12.1 Å². The zero-order valence-corrected chi connectivity index (χ0v) is 18.4. The molecule has 0 radical (unpaired) electrons. The number of amides is 1. The van der Waals surface area contributed by atoms with Crippen LogP contribution in [0.2, 0.25) is 0 Å². The summed E-state index contributed by atoms with van der Waals surface area (Å²) >= 11 is 0. The number of carbonyl (C=O) groups excluding carboxylic acids is 1. The molecule has 3 aromatic carbocycles. The van der Waals surface area contributed by atoms with Crippen molar-refractivity contribution in [2.45, 2.75) is 25.0 Å². The van der Waals surface area contributed by atoms with E-state index in [2.05, 4.69) is 10.2 Å². The third-order valence-corrected chi connectivity index (χ3v) is 6.23. The average molecular weight is 431 g/mol. The fraction of sp³-hybridized carbons (Fsp3) is 0.296. The van der Waals surface area contributed by atoms with Crippen molar-refractivity contribution in [2.75, 3.05) is 25.5 Å². The Morgan fingerprint density at radius 3 is 2.19 bits per heavy atom. The highest BCUT2D eigenvalue weighted by atomic mass is 16.5. The standard InChI is InChI=1S/C27H30N2O3/c1-32-24-14-8-13-23(19-24)28-27(31)25(20-9-4-2-5-10-20)29-17-15-22(16-18-29)26(30)21-11-6-3-7-12-21/h2-14,19,22,25-26,30H,15-18H2,1H3,(H,28,31). The summed E-state index contributed by atoms with van der Waals surface area (Å²) in [7, 11) is 1.61. The molecule has 5 heteroatoms. The number of rotatable bonds is 7. The third kappa shape index (κ3) is 5.18. The van der Waals surface area contributed by atoms with Crippen molar-refractivity contribution in [3.05, 3.63) is 96.1 Å². The molecule has 0 bridgehead atoms. The number of ether oxygens (including phenoxy) is 1. The molecule has 1 heterocycles. The second-order valence-corrected chi connectivity index (χ2v) is 8.26. The van der Waals surface area contributed by atoms with E-state index in [1.54, 1.807) is 7.11 Å². The number of aliphatic hydroxyl groups is 1. The molecule has 0 aromatic heterocycles. The van der Waals surface area contributed by atoms with E-state index in [0.29, 0.717) is 11.4 Å². The Kier molecular flexibility index (Phi) is 7.20. The maximum Gasteiger partial charge on any atom is 0.246 e. The van der Waals surface area contributed by atoms with Crippen LogP contribution >= 0.6 is 0 Å². The number of likely N-dealkylation sites (tertiary alicyclic amines) is 1. The van der Waals surface area contributed by atoms with Crippen molar-refractivity contribution in [3.8, 4) is 5.75 Å². The summed E-state index contributed by atoms with van der Waals surface area (Å²) < 4.78 is 5.28. The van der Waals surface area contributed by atoms with Gasteiger partial charge in [0.1, 0.15) is 11.8 Å². The van der Waals surface area contributed by atoms with Gasteiger partial charge in [0.15, 0.2) is 0 Å². The summed E-state index contributed by atoms with van der Waals surface area (Å²) in [4.78, 5) is 15.6. The number of hydrogen-bond acceptors (Lipinski definition) is 4. The smallest absolute Gasteiger partial charge is 0.246 e. The molecule has 1 aliphatic rings. The van der Waals surface area contributed by atoms with Crippen molar-refractivity contribution >= 4 is 11.6 Å². The van der Waals surface area contributed by atoms with Gasteiger partial charge in [-0.05, 0) is 55.1 Å². The molecule has 5 nitrogen and oxygen atoms in total. The van der Waals surface area contributed by atoms with Crippen LogP contribution in [0.3, 0.4) is 0 Å². The lowest BCUT2D eigenvalue weighted by Crippen LogP contribution is -2.43. The van der Waals surface area contributed by atoms with Gasteiger partial charge in [-0.2, -0.15) is 0 Å². The van der Waals surface area contributed by atoms with Gasteiger partial charge in [-0.15, -0.1) is 0 Å². The molecule has 2 unspecified atom stereocenters. The van der Waals surface area contributed by atoms with E-state index in [-0.39, 0.29) is 11.8 Å². The van der Waals surface area contributed by atoms with Gasteiger partial charge < -0.3 is 15.2 Å². The number of nitrogens with zero attached hydrogens (tertiary/aromatic N) is 1. The van der Waals surface area contributed by atoms with E-state index in [1.165, 1.54) is 0 Å². The predicted molar refractivity (Wildman–Crippen MR) is 127 cm³/mol. The fourth-order valence-corrected chi connectivity index (χ4v) is 4.49. The summed E-state index contributed by atoms with van der Waals surface area (Å²) in [5.74, 6) is 0.827. The number of anilines is 1. The first-order chi connectivity index (χ1) is 15.7. The molecule has 0 aliphatic carbocycles. The lowest BCUT2D eigenvalue weighted by molar-refractivity contribution is -0.122. The molecule has 32 heavy (non-hydrogen) atoms. The first-order valence-corrected chi connectivity index (χ1v) is 11.1. The van der Waals surface area contributed by atoms with Crippen LogP contribution < -0.4 is 10.1 Å². The lowest BCUT2D eigenvalue weighted by Gasteiger charge is -2.38. The first-order valence-electron chi connectivity index (χ1n) is 11.1. The minimum absolute atomic E-state index is 0.0634. The molecule has 3 aromatic rings. The highest BCUT2D eigenvalue weighted by Gasteiger charge is 2.33. The van der Waals surface area contributed by atoms with Gasteiger partial charge in [-0.25, -0.2) is 0 Å². The summed E-state index contributed by atoms with van der Waals surface area (Å²) in [5, 5.41) is 13.9. The molecule has 4 rings (SSSR count). The van der Waals surface area contributed by atoms with E-state index in [9.17, 15) is 9.90 Å². The molecule has 166 valence electrons. The topological polar surface area (TPSA) is 61.8 Å².